The van der Waals surface area contributed by atoms with E-state index in [0.29, 0.717) is 6.54 Å². The van der Waals surface area contributed by atoms with Crippen molar-refractivity contribution in [2.24, 2.45) is 4.99 Å². The number of fused-ring (bicyclic) bond motifs is 1. The zero-order valence-corrected chi connectivity index (χ0v) is 18.8. The number of benzene rings is 2. The molecule has 0 saturated carbocycles. The number of aryl methyl sites for hydroxylation is 1. The maximum absolute atomic E-state index is 5.13. The van der Waals surface area contributed by atoms with Gasteiger partial charge >= 0.3 is 0 Å². The Balaban J connectivity index is 1.79. The van der Waals surface area contributed by atoms with Crippen LogP contribution in [0.4, 0.5) is 22.7 Å². The van der Waals surface area contributed by atoms with Crippen molar-refractivity contribution < 1.29 is 0 Å². The van der Waals surface area contributed by atoms with Crippen LogP contribution in [0, 0.1) is 6.92 Å². The molecule has 6 heteroatoms. The standard InChI is InChI=1S/C24H34N6/c1-17-7-6-8-18(15-17)16-26-23-24(11-13-25-14-12-24)28-22-20(30(4)5)10-9-19(29(2)3)21(22)27-23/h6-10,15,25,28H,11-14,16H2,1-5H3,(H,26,27). The van der Waals surface area contributed by atoms with Crippen LogP contribution < -0.4 is 25.8 Å². The fraction of sp³-hybridized carbons (Fsp3) is 0.458. The van der Waals surface area contributed by atoms with Crippen molar-refractivity contribution in [3.8, 4) is 0 Å². The molecule has 0 radical (unpaired) electrons. The molecule has 1 saturated heterocycles. The van der Waals surface area contributed by atoms with E-state index in [1.165, 1.54) is 22.5 Å². The number of rotatable bonds is 4. The molecule has 0 bridgehead atoms. The van der Waals surface area contributed by atoms with Gasteiger partial charge in [0.05, 0.1) is 34.8 Å². The molecule has 0 amide bonds. The highest BCUT2D eigenvalue weighted by Gasteiger charge is 2.42. The average Bonchev–Trinajstić information content (AvgIpc) is 2.72. The van der Waals surface area contributed by atoms with E-state index in [-0.39, 0.29) is 5.54 Å². The fourth-order valence-corrected chi connectivity index (χ4v) is 4.50. The lowest BCUT2D eigenvalue weighted by Gasteiger charge is -2.46. The van der Waals surface area contributed by atoms with Crippen LogP contribution >= 0.6 is 0 Å². The lowest BCUT2D eigenvalue weighted by Crippen LogP contribution is -2.58. The zero-order valence-electron chi connectivity index (χ0n) is 18.8. The van der Waals surface area contributed by atoms with E-state index < -0.39 is 0 Å². The van der Waals surface area contributed by atoms with Gasteiger partial charge in [-0.15, -0.1) is 0 Å². The molecule has 3 N–H and O–H groups in total. The van der Waals surface area contributed by atoms with Gasteiger partial charge in [-0.25, -0.2) is 0 Å². The molecule has 4 rings (SSSR count). The number of aliphatic imine (C=N–C) groups is 1. The first kappa shape index (κ1) is 20.5. The van der Waals surface area contributed by atoms with Gasteiger partial charge in [0.2, 0.25) is 0 Å². The third kappa shape index (κ3) is 3.84. The summed E-state index contributed by atoms with van der Waals surface area (Å²) in [5, 5.41) is 11.2. The van der Waals surface area contributed by atoms with Crippen LogP contribution in [0.1, 0.15) is 24.0 Å². The second kappa shape index (κ2) is 8.19. The van der Waals surface area contributed by atoms with Gasteiger partial charge in [0.15, 0.2) is 0 Å². The van der Waals surface area contributed by atoms with Gasteiger partial charge in [-0.05, 0) is 50.6 Å². The molecule has 0 unspecified atom stereocenters. The Morgan fingerprint density at radius 1 is 0.933 bits per heavy atom. The minimum atomic E-state index is -0.169. The van der Waals surface area contributed by atoms with Crippen LogP contribution in [0.15, 0.2) is 41.4 Å². The van der Waals surface area contributed by atoms with Gasteiger partial charge in [-0.1, -0.05) is 29.8 Å². The van der Waals surface area contributed by atoms with Gasteiger partial charge in [0.1, 0.15) is 5.84 Å². The smallest absolute Gasteiger partial charge is 0.127 e. The second-order valence-electron chi connectivity index (χ2n) is 8.88. The first-order valence-corrected chi connectivity index (χ1v) is 10.8. The number of hydrogen-bond acceptors (Lipinski definition) is 5. The van der Waals surface area contributed by atoms with Crippen LogP contribution in [0.5, 0.6) is 0 Å². The van der Waals surface area contributed by atoms with Crippen LogP contribution in [0.3, 0.4) is 0 Å². The predicted molar refractivity (Wildman–Crippen MR) is 129 cm³/mol. The molecule has 2 aromatic rings. The zero-order chi connectivity index (χ0) is 21.3. The Hall–Kier alpha value is -2.73. The van der Waals surface area contributed by atoms with E-state index in [1.807, 2.05) is 0 Å². The van der Waals surface area contributed by atoms with Crippen LogP contribution in [0.25, 0.3) is 0 Å². The topological polar surface area (TPSA) is 54.9 Å². The monoisotopic (exact) mass is 406 g/mol. The summed E-state index contributed by atoms with van der Waals surface area (Å²) in [6.45, 7) is 4.78. The van der Waals surface area contributed by atoms with Gasteiger partial charge in [0.25, 0.3) is 0 Å². The summed E-state index contributed by atoms with van der Waals surface area (Å²) in [6, 6.07) is 13.0. The molecule has 0 aliphatic carbocycles. The summed E-state index contributed by atoms with van der Waals surface area (Å²) in [5.74, 6) is 1.05. The SMILES string of the molecule is Cc1cccc(CN=C2Nc3c(N(C)C)ccc(N(C)C)c3NC23CCNCC3)c1. The van der Waals surface area contributed by atoms with E-state index in [9.17, 15) is 0 Å². The number of amidine groups is 1. The number of hydrogen-bond donors (Lipinski definition) is 3. The molecule has 2 aliphatic heterocycles. The van der Waals surface area contributed by atoms with Crippen molar-refractivity contribution >= 4 is 28.6 Å². The molecule has 1 fully saturated rings. The molecule has 1 spiro atoms. The predicted octanol–water partition coefficient (Wildman–Crippen LogP) is 3.69. The third-order valence-corrected chi connectivity index (χ3v) is 6.15. The van der Waals surface area contributed by atoms with Crippen molar-refractivity contribution in [3.05, 3.63) is 47.5 Å². The molecular formula is C24H34N6. The highest BCUT2D eigenvalue weighted by Crippen LogP contribution is 2.46. The van der Waals surface area contributed by atoms with Crippen molar-refractivity contribution in [2.75, 3.05) is 61.7 Å². The molecule has 2 aliphatic rings. The Bertz CT molecular complexity index is 941. The Morgan fingerprint density at radius 3 is 2.23 bits per heavy atom. The van der Waals surface area contributed by atoms with E-state index in [2.05, 4.69) is 97.3 Å². The molecule has 160 valence electrons. The minimum Gasteiger partial charge on any atom is -0.376 e. The van der Waals surface area contributed by atoms with Gasteiger partial charge in [-0.2, -0.15) is 0 Å². The summed E-state index contributed by atoms with van der Waals surface area (Å²) >= 11 is 0. The number of piperidine rings is 1. The number of anilines is 4. The molecule has 2 heterocycles. The lowest BCUT2D eigenvalue weighted by atomic mass is 9.84. The summed E-state index contributed by atoms with van der Waals surface area (Å²) in [6.07, 6.45) is 2.01. The van der Waals surface area contributed by atoms with Crippen molar-refractivity contribution in [1.29, 1.82) is 0 Å². The summed E-state index contributed by atoms with van der Waals surface area (Å²) < 4.78 is 0. The van der Waals surface area contributed by atoms with Crippen molar-refractivity contribution in [3.63, 3.8) is 0 Å². The molecular weight excluding hydrogens is 372 g/mol. The van der Waals surface area contributed by atoms with Gasteiger partial charge in [0, 0.05) is 28.2 Å². The number of nitrogens with zero attached hydrogens (tertiary/aromatic N) is 3. The fourth-order valence-electron chi connectivity index (χ4n) is 4.50. The van der Waals surface area contributed by atoms with Gasteiger partial charge < -0.3 is 25.8 Å². The Morgan fingerprint density at radius 2 is 1.60 bits per heavy atom. The summed E-state index contributed by atoms with van der Waals surface area (Å²) in [7, 11) is 8.38. The highest BCUT2D eigenvalue weighted by molar-refractivity contribution is 6.14. The molecule has 0 atom stereocenters. The minimum absolute atomic E-state index is 0.169. The Kier molecular flexibility index (Phi) is 5.60. The van der Waals surface area contributed by atoms with E-state index in [0.717, 1.165) is 43.1 Å². The average molecular weight is 407 g/mol. The summed E-state index contributed by atoms with van der Waals surface area (Å²) in [4.78, 5) is 9.46. The molecule has 0 aromatic heterocycles. The van der Waals surface area contributed by atoms with Gasteiger partial charge in [-0.3, -0.25) is 4.99 Å². The molecule has 30 heavy (non-hydrogen) atoms. The van der Waals surface area contributed by atoms with E-state index in [1.54, 1.807) is 0 Å². The Labute approximate surface area is 180 Å². The largest absolute Gasteiger partial charge is 0.376 e. The summed E-state index contributed by atoms with van der Waals surface area (Å²) in [5.41, 5.74) is 6.98. The molecule has 6 nitrogen and oxygen atoms in total. The third-order valence-electron chi connectivity index (χ3n) is 6.15. The normalized spacial score (nSPS) is 18.5. The first-order valence-electron chi connectivity index (χ1n) is 10.8. The van der Waals surface area contributed by atoms with E-state index >= 15 is 0 Å². The van der Waals surface area contributed by atoms with Crippen molar-refractivity contribution in [2.45, 2.75) is 31.8 Å². The maximum atomic E-state index is 5.13. The maximum Gasteiger partial charge on any atom is 0.127 e. The van der Waals surface area contributed by atoms with Crippen LogP contribution in [0.2, 0.25) is 0 Å². The lowest BCUT2D eigenvalue weighted by molar-refractivity contribution is 0.419. The highest BCUT2D eigenvalue weighted by atomic mass is 15.2. The quantitative estimate of drug-likeness (QED) is 0.723. The number of nitrogens with one attached hydrogen (secondary N) is 3. The first-order chi connectivity index (χ1) is 14.4. The van der Waals surface area contributed by atoms with E-state index in [4.69, 9.17) is 4.99 Å². The van der Waals surface area contributed by atoms with Crippen molar-refractivity contribution in [1.82, 2.24) is 5.32 Å². The van der Waals surface area contributed by atoms with Crippen LogP contribution in [-0.2, 0) is 6.54 Å². The molecule has 2 aromatic carbocycles. The van der Waals surface area contributed by atoms with Crippen LogP contribution in [-0.4, -0.2) is 52.7 Å². The second-order valence-corrected chi connectivity index (χ2v) is 8.88.